The van der Waals surface area contributed by atoms with Gasteiger partial charge in [0.15, 0.2) is 4.60 Å². The highest BCUT2D eigenvalue weighted by Gasteiger charge is 2.01. The molecule has 0 aliphatic heterocycles. The van der Waals surface area contributed by atoms with E-state index in [9.17, 15) is 0 Å². The van der Waals surface area contributed by atoms with Gasteiger partial charge in [0.2, 0.25) is 0 Å². The van der Waals surface area contributed by atoms with E-state index < -0.39 is 0 Å². The van der Waals surface area contributed by atoms with Crippen molar-refractivity contribution in [3.63, 3.8) is 0 Å². The molecular weight excluding hydrogens is 286 g/mol. The number of rotatable bonds is 3. The molecule has 0 bridgehead atoms. The SMILES string of the molecule is Cn1nnc(Br)c1/C=C/CCBr. The van der Waals surface area contributed by atoms with Gasteiger partial charge in [-0.05, 0) is 28.4 Å². The maximum Gasteiger partial charge on any atom is 0.155 e. The van der Waals surface area contributed by atoms with Gasteiger partial charge in [0, 0.05) is 12.4 Å². The summed E-state index contributed by atoms with van der Waals surface area (Å²) < 4.78 is 2.52. The van der Waals surface area contributed by atoms with Crippen LogP contribution >= 0.6 is 31.9 Å². The van der Waals surface area contributed by atoms with Crippen LogP contribution in [0, 0.1) is 0 Å². The Bertz CT molecular complexity index is 261. The highest BCUT2D eigenvalue weighted by atomic mass is 79.9. The number of hydrogen-bond acceptors (Lipinski definition) is 2. The lowest BCUT2D eigenvalue weighted by molar-refractivity contribution is 0.709. The zero-order valence-corrected chi connectivity index (χ0v) is 9.84. The number of alkyl halides is 1. The lowest BCUT2D eigenvalue weighted by Crippen LogP contribution is -1.92. The molecule has 0 aromatic carbocycles. The van der Waals surface area contributed by atoms with Crippen LogP contribution < -0.4 is 0 Å². The van der Waals surface area contributed by atoms with Crippen molar-refractivity contribution in [2.24, 2.45) is 7.05 Å². The predicted octanol–water partition coefficient (Wildman–Crippen LogP) is 2.38. The quantitative estimate of drug-likeness (QED) is 0.802. The highest BCUT2D eigenvalue weighted by molar-refractivity contribution is 9.10. The molecule has 1 heterocycles. The number of nitrogens with zero attached hydrogens (tertiary/aromatic N) is 3. The molecule has 0 N–H and O–H groups in total. The van der Waals surface area contributed by atoms with Crippen LogP contribution in [-0.4, -0.2) is 20.3 Å². The van der Waals surface area contributed by atoms with Crippen molar-refractivity contribution in [3.05, 3.63) is 16.4 Å². The van der Waals surface area contributed by atoms with Gasteiger partial charge in [0.25, 0.3) is 0 Å². The predicted molar refractivity (Wildman–Crippen MR) is 56.1 cm³/mol. The smallest absolute Gasteiger partial charge is 0.155 e. The fraction of sp³-hybridized carbons (Fsp3) is 0.429. The highest BCUT2D eigenvalue weighted by Crippen LogP contribution is 2.13. The maximum atomic E-state index is 3.86. The van der Waals surface area contributed by atoms with Gasteiger partial charge in [-0.3, -0.25) is 0 Å². The van der Waals surface area contributed by atoms with Crippen LogP contribution in [0.5, 0.6) is 0 Å². The summed E-state index contributed by atoms with van der Waals surface area (Å²) in [6, 6.07) is 0. The second-order valence-corrected chi connectivity index (χ2v) is 3.81. The molecule has 0 atom stereocenters. The molecule has 0 spiro atoms. The molecule has 0 radical (unpaired) electrons. The summed E-state index contributed by atoms with van der Waals surface area (Å²) in [6.07, 6.45) is 5.10. The van der Waals surface area contributed by atoms with Gasteiger partial charge in [-0.15, -0.1) is 5.10 Å². The van der Waals surface area contributed by atoms with Gasteiger partial charge < -0.3 is 0 Å². The van der Waals surface area contributed by atoms with Gasteiger partial charge in [-0.25, -0.2) is 4.68 Å². The van der Waals surface area contributed by atoms with Crippen LogP contribution in [0.2, 0.25) is 0 Å². The van der Waals surface area contributed by atoms with Crippen LogP contribution in [0.25, 0.3) is 6.08 Å². The minimum atomic E-state index is 0.788. The van der Waals surface area contributed by atoms with Crippen LogP contribution in [0.3, 0.4) is 0 Å². The van der Waals surface area contributed by atoms with Crippen LogP contribution in [0.1, 0.15) is 12.1 Å². The fourth-order valence-electron chi connectivity index (χ4n) is 0.774. The normalized spacial score (nSPS) is 11.2. The zero-order chi connectivity index (χ0) is 8.97. The van der Waals surface area contributed by atoms with Crippen molar-refractivity contribution in [2.45, 2.75) is 6.42 Å². The average Bonchev–Trinajstić information content (AvgIpc) is 2.35. The topological polar surface area (TPSA) is 30.7 Å². The minimum absolute atomic E-state index is 0.788. The second kappa shape index (κ2) is 4.77. The average molecular weight is 295 g/mol. The molecular formula is C7H9Br2N3. The third kappa shape index (κ3) is 2.42. The Morgan fingerprint density at radius 1 is 1.58 bits per heavy atom. The molecule has 0 aliphatic carbocycles. The van der Waals surface area contributed by atoms with Crippen LogP contribution in [0.4, 0.5) is 0 Å². The van der Waals surface area contributed by atoms with Crippen LogP contribution in [-0.2, 0) is 7.05 Å². The molecule has 0 fully saturated rings. The molecule has 0 aliphatic rings. The first-order valence-electron chi connectivity index (χ1n) is 3.53. The van der Waals surface area contributed by atoms with Gasteiger partial charge in [0.05, 0.1) is 5.69 Å². The Morgan fingerprint density at radius 2 is 2.33 bits per heavy atom. The molecule has 0 amide bonds. The number of halogens is 2. The van der Waals surface area contributed by atoms with E-state index in [0.29, 0.717) is 0 Å². The van der Waals surface area contributed by atoms with E-state index in [1.54, 1.807) is 4.68 Å². The summed E-state index contributed by atoms with van der Waals surface area (Å²) in [5, 5.41) is 8.69. The van der Waals surface area contributed by atoms with Gasteiger partial charge in [-0.1, -0.05) is 27.2 Å². The first kappa shape index (κ1) is 9.92. The fourth-order valence-corrected chi connectivity index (χ4v) is 1.50. The van der Waals surface area contributed by atoms with Gasteiger partial charge >= 0.3 is 0 Å². The van der Waals surface area contributed by atoms with Crippen molar-refractivity contribution in [2.75, 3.05) is 5.33 Å². The first-order valence-corrected chi connectivity index (χ1v) is 5.45. The minimum Gasteiger partial charge on any atom is -0.247 e. The Balaban J connectivity index is 2.73. The van der Waals surface area contributed by atoms with Crippen molar-refractivity contribution in [1.82, 2.24) is 15.0 Å². The number of aromatic nitrogens is 3. The summed E-state index contributed by atoms with van der Waals surface area (Å²) in [5.74, 6) is 0. The second-order valence-electron chi connectivity index (χ2n) is 2.27. The van der Waals surface area contributed by atoms with E-state index in [1.807, 2.05) is 13.1 Å². The van der Waals surface area contributed by atoms with E-state index in [4.69, 9.17) is 0 Å². The molecule has 5 heteroatoms. The van der Waals surface area contributed by atoms with Crippen LogP contribution in [0.15, 0.2) is 10.7 Å². The summed E-state index contributed by atoms with van der Waals surface area (Å²) >= 11 is 6.66. The first-order chi connectivity index (χ1) is 5.75. The standard InChI is InChI=1S/C7H9Br2N3/c1-12-6(4-2-3-5-8)7(9)10-11-12/h2,4H,3,5H2,1H3/b4-2+. The van der Waals surface area contributed by atoms with E-state index in [0.717, 1.165) is 22.0 Å². The zero-order valence-electron chi connectivity index (χ0n) is 6.67. The number of hydrogen-bond donors (Lipinski definition) is 0. The summed E-state index contributed by atoms with van der Waals surface area (Å²) in [5.41, 5.74) is 0.996. The third-order valence-electron chi connectivity index (χ3n) is 1.38. The monoisotopic (exact) mass is 293 g/mol. The maximum absolute atomic E-state index is 3.86. The molecule has 66 valence electrons. The van der Waals surface area contributed by atoms with Crippen molar-refractivity contribution < 1.29 is 0 Å². The number of allylic oxidation sites excluding steroid dienone is 1. The Labute approximate surface area is 88.1 Å². The summed E-state index contributed by atoms with van der Waals surface area (Å²) in [6.45, 7) is 0. The third-order valence-corrected chi connectivity index (χ3v) is 2.40. The summed E-state index contributed by atoms with van der Waals surface area (Å²) in [7, 11) is 1.87. The lowest BCUT2D eigenvalue weighted by atomic mass is 10.3. The van der Waals surface area contributed by atoms with E-state index >= 15 is 0 Å². The molecule has 12 heavy (non-hydrogen) atoms. The molecule has 1 rings (SSSR count). The molecule has 0 saturated heterocycles. The Kier molecular flexibility index (Phi) is 3.94. The number of aryl methyl sites for hydroxylation is 1. The lowest BCUT2D eigenvalue weighted by Gasteiger charge is -1.91. The van der Waals surface area contributed by atoms with E-state index in [-0.39, 0.29) is 0 Å². The van der Waals surface area contributed by atoms with Crippen molar-refractivity contribution in [1.29, 1.82) is 0 Å². The molecule has 3 nitrogen and oxygen atoms in total. The van der Waals surface area contributed by atoms with E-state index in [2.05, 4.69) is 48.2 Å². The largest absolute Gasteiger partial charge is 0.247 e. The van der Waals surface area contributed by atoms with Gasteiger partial charge in [-0.2, -0.15) is 0 Å². The molecule has 0 saturated carbocycles. The van der Waals surface area contributed by atoms with E-state index in [1.165, 1.54) is 0 Å². The Morgan fingerprint density at radius 3 is 2.83 bits per heavy atom. The summed E-state index contributed by atoms with van der Waals surface area (Å²) in [4.78, 5) is 0. The molecule has 0 unspecified atom stereocenters. The Hall–Kier alpha value is -0.160. The van der Waals surface area contributed by atoms with Crippen molar-refractivity contribution >= 4 is 37.9 Å². The molecule has 1 aromatic rings. The molecule has 1 aromatic heterocycles. The van der Waals surface area contributed by atoms with Gasteiger partial charge in [0.1, 0.15) is 0 Å². The van der Waals surface area contributed by atoms with Crippen molar-refractivity contribution in [3.8, 4) is 0 Å².